The predicted molar refractivity (Wildman–Crippen MR) is 106 cm³/mol. The molecule has 0 saturated heterocycles. The first kappa shape index (κ1) is 19.7. The number of nitrogens with one attached hydrogen (secondary N) is 1. The van der Waals surface area contributed by atoms with Gasteiger partial charge in [0, 0.05) is 16.3 Å². The topological polar surface area (TPSA) is 102 Å². The molecule has 0 radical (unpaired) electrons. The maximum absolute atomic E-state index is 12.4. The van der Waals surface area contributed by atoms with Crippen LogP contribution >= 0.6 is 34.3 Å². The van der Waals surface area contributed by atoms with Gasteiger partial charge in [-0.15, -0.1) is 22.7 Å². The lowest BCUT2D eigenvalue weighted by Gasteiger charge is -2.26. The van der Waals surface area contributed by atoms with Crippen LogP contribution < -0.4 is 11.1 Å². The average molecular weight is 428 g/mol. The molecule has 144 valence electrons. The number of nitrogens with zero attached hydrogens (tertiary/aromatic N) is 1. The zero-order valence-corrected chi connectivity index (χ0v) is 16.9. The SMILES string of the molecule is CCOC(=O)N1CCc2c(sc(NC(=O)Cc3ccc(Cl)s3)c2C(N)=O)C1. The van der Waals surface area contributed by atoms with Gasteiger partial charge in [-0.05, 0) is 31.0 Å². The van der Waals surface area contributed by atoms with Gasteiger partial charge in [0.1, 0.15) is 5.00 Å². The van der Waals surface area contributed by atoms with E-state index in [1.54, 1.807) is 24.0 Å². The van der Waals surface area contributed by atoms with Crippen LogP contribution in [0.5, 0.6) is 0 Å². The summed E-state index contributed by atoms with van der Waals surface area (Å²) in [6.45, 7) is 2.81. The van der Waals surface area contributed by atoms with E-state index in [4.69, 9.17) is 22.1 Å². The Hall–Kier alpha value is -2.10. The van der Waals surface area contributed by atoms with Gasteiger partial charge in [0.25, 0.3) is 5.91 Å². The fourth-order valence-corrected chi connectivity index (χ4v) is 5.27. The number of primary amides is 1. The molecule has 0 aromatic carbocycles. The predicted octanol–water partition coefficient (Wildman–Crippen LogP) is 3.26. The summed E-state index contributed by atoms with van der Waals surface area (Å²) in [7, 11) is 0. The van der Waals surface area contributed by atoms with E-state index in [1.807, 2.05) is 0 Å². The molecule has 2 aromatic rings. The highest BCUT2D eigenvalue weighted by Crippen LogP contribution is 2.37. The second-order valence-electron chi connectivity index (χ2n) is 5.87. The van der Waals surface area contributed by atoms with E-state index < -0.39 is 12.0 Å². The Labute approximate surface area is 169 Å². The number of carbonyl (C=O) groups is 3. The number of anilines is 1. The summed E-state index contributed by atoms with van der Waals surface area (Å²) in [5.41, 5.74) is 6.68. The van der Waals surface area contributed by atoms with Crippen molar-refractivity contribution in [2.45, 2.75) is 26.3 Å². The molecule has 0 atom stereocenters. The molecule has 3 rings (SSSR count). The molecule has 3 heterocycles. The van der Waals surface area contributed by atoms with Crippen LogP contribution in [0.4, 0.5) is 9.80 Å². The summed E-state index contributed by atoms with van der Waals surface area (Å²) >= 11 is 8.49. The van der Waals surface area contributed by atoms with Crippen molar-refractivity contribution in [3.05, 3.63) is 37.4 Å². The van der Waals surface area contributed by atoms with Gasteiger partial charge < -0.3 is 20.7 Å². The largest absolute Gasteiger partial charge is 0.450 e. The Morgan fingerprint density at radius 1 is 1.33 bits per heavy atom. The van der Waals surface area contributed by atoms with Crippen molar-refractivity contribution in [2.75, 3.05) is 18.5 Å². The summed E-state index contributed by atoms with van der Waals surface area (Å²) in [6.07, 6.45) is 0.254. The Balaban J connectivity index is 1.79. The number of hydrogen-bond acceptors (Lipinski definition) is 6. The summed E-state index contributed by atoms with van der Waals surface area (Å²) in [5, 5.41) is 3.21. The van der Waals surface area contributed by atoms with Gasteiger partial charge in [-0.2, -0.15) is 0 Å². The molecule has 0 fully saturated rings. The summed E-state index contributed by atoms with van der Waals surface area (Å²) in [6, 6.07) is 3.52. The van der Waals surface area contributed by atoms with Crippen molar-refractivity contribution in [2.24, 2.45) is 5.73 Å². The van der Waals surface area contributed by atoms with Crippen LogP contribution in [0.2, 0.25) is 4.34 Å². The number of amides is 3. The molecule has 1 aliphatic heterocycles. The van der Waals surface area contributed by atoms with Gasteiger partial charge >= 0.3 is 6.09 Å². The van der Waals surface area contributed by atoms with Crippen molar-refractivity contribution < 1.29 is 19.1 Å². The number of rotatable bonds is 5. The zero-order valence-electron chi connectivity index (χ0n) is 14.5. The first-order chi connectivity index (χ1) is 12.9. The molecule has 3 amide bonds. The van der Waals surface area contributed by atoms with Gasteiger partial charge in [-0.3, -0.25) is 9.59 Å². The zero-order chi connectivity index (χ0) is 19.6. The molecule has 3 N–H and O–H groups in total. The van der Waals surface area contributed by atoms with Crippen LogP contribution in [-0.2, 0) is 28.9 Å². The molecule has 10 heteroatoms. The van der Waals surface area contributed by atoms with Crippen molar-refractivity contribution in [3.63, 3.8) is 0 Å². The van der Waals surface area contributed by atoms with Crippen LogP contribution in [0.15, 0.2) is 12.1 Å². The summed E-state index contributed by atoms with van der Waals surface area (Å²) in [4.78, 5) is 39.5. The molecule has 1 aliphatic rings. The lowest BCUT2D eigenvalue weighted by atomic mass is 10.0. The van der Waals surface area contributed by atoms with E-state index in [1.165, 1.54) is 22.7 Å². The van der Waals surface area contributed by atoms with Gasteiger partial charge in [-0.1, -0.05) is 11.6 Å². The second-order valence-corrected chi connectivity index (χ2v) is 8.78. The standard InChI is InChI=1S/C17H18ClN3O4S2/c1-2-25-17(24)21-6-5-10-11(8-21)27-16(14(10)15(19)23)20-13(22)7-9-3-4-12(18)26-9/h3-4H,2,5-8H2,1H3,(H2,19,23)(H,20,22). The Bertz CT molecular complexity index is 893. The van der Waals surface area contributed by atoms with Crippen molar-refractivity contribution in [3.8, 4) is 0 Å². The Morgan fingerprint density at radius 2 is 2.11 bits per heavy atom. The minimum Gasteiger partial charge on any atom is -0.450 e. The number of fused-ring (bicyclic) bond motifs is 1. The number of carbonyl (C=O) groups excluding carboxylic acids is 3. The van der Waals surface area contributed by atoms with Crippen molar-refractivity contribution in [1.29, 1.82) is 0 Å². The third-order valence-electron chi connectivity index (χ3n) is 4.05. The van der Waals surface area contributed by atoms with Crippen LogP contribution in [0, 0.1) is 0 Å². The molecule has 7 nitrogen and oxygen atoms in total. The van der Waals surface area contributed by atoms with Crippen molar-refractivity contribution >= 4 is 57.2 Å². The molecule has 0 saturated carbocycles. The van der Waals surface area contributed by atoms with Crippen LogP contribution in [-0.4, -0.2) is 36.0 Å². The third kappa shape index (κ3) is 4.42. The third-order valence-corrected chi connectivity index (χ3v) is 6.41. The molecule has 0 aliphatic carbocycles. The smallest absolute Gasteiger partial charge is 0.410 e. The maximum Gasteiger partial charge on any atom is 0.410 e. The molecule has 2 aromatic heterocycles. The van der Waals surface area contributed by atoms with Gasteiger partial charge in [-0.25, -0.2) is 4.79 Å². The van der Waals surface area contributed by atoms with E-state index in [0.717, 1.165) is 15.3 Å². The van der Waals surface area contributed by atoms with Gasteiger partial charge in [0.05, 0.1) is 29.5 Å². The summed E-state index contributed by atoms with van der Waals surface area (Å²) < 4.78 is 5.65. The highest BCUT2D eigenvalue weighted by molar-refractivity contribution is 7.17. The highest BCUT2D eigenvalue weighted by atomic mass is 35.5. The monoisotopic (exact) mass is 427 g/mol. The van der Waals surface area contributed by atoms with Gasteiger partial charge in [0.2, 0.25) is 5.91 Å². The average Bonchev–Trinajstić information content (AvgIpc) is 3.16. The maximum atomic E-state index is 12.4. The molecule has 0 spiro atoms. The quantitative estimate of drug-likeness (QED) is 0.764. The van der Waals surface area contributed by atoms with Crippen LogP contribution in [0.1, 0.15) is 32.6 Å². The fraction of sp³-hybridized carbons (Fsp3) is 0.353. The van der Waals surface area contributed by atoms with E-state index >= 15 is 0 Å². The lowest BCUT2D eigenvalue weighted by Crippen LogP contribution is -2.36. The first-order valence-electron chi connectivity index (χ1n) is 8.29. The van der Waals surface area contributed by atoms with E-state index in [2.05, 4.69) is 5.32 Å². The van der Waals surface area contributed by atoms with E-state index in [9.17, 15) is 14.4 Å². The summed E-state index contributed by atoms with van der Waals surface area (Å²) in [5.74, 6) is -0.844. The second kappa shape index (κ2) is 8.28. The lowest BCUT2D eigenvalue weighted by molar-refractivity contribution is -0.115. The number of hydrogen-bond donors (Lipinski definition) is 2. The molecule has 27 heavy (non-hydrogen) atoms. The highest BCUT2D eigenvalue weighted by Gasteiger charge is 2.30. The molecule has 0 unspecified atom stereocenters. The van der Waals surface area contributed by atoms with E-state index in [-0.39, 0.29) is 12.3 Å². The van der Waals surface area contributed by atoms with E-state index in [0.29, 0.717) is 41.0 Å². The Morgan fingerprint density at radius 3 is 2.74 bits per heavy atom. The Kier molecular flexibility index (Phi) is 6.03. The van der Waals surface area contributed by atoms with Gasteiger partial charge in [0.15, 0.2) is 0 Å². The first-order valence-corrected chi connectivity index (χ1v) is 10.3. The molecular weight excluding hydrogens is 410 g/mol. The molecular formula is C17H18ClN3O4S2. The minimum absolute atomic E-state index is 0.160. The normalized spacial score (nSPS) is 13.2. The van der Waals surface area contributed by atoms with Crippen LogP contribution in [0.3, 0.4) is 0 Å². The van der Waals surface area contributed by atoms with Crippen LogP contribution in [0.25, 0.3) is 0 Å². The number of thiophene rings is 2. The number of halogens is 1. The minimum atomic E-state index is -0.591. The number of nitrogens with two attached hydrogens (primary N) is 1. The molecule has 0 bridgehead atoms. The number of ether oxygens (including phenoxy) is 1. The fourth-order valence-electron chi connectivity index (χ4n) is 2.90. The van der Waals surface area contributed by atoms with Crippen molar-refractivity contribution in [1.82, 2.24) is 4.90 Å².